The SMILES string of the molecule is ISNCCc1cccs1. The van der Waals surface area contributed by atoms with Crippen molar-refractivity contribution in [2.45, 2.75) is 6.42 Å². The number of rotatable bonds is 4. The smallest absolute Gasteiger partial charge is 0.0143 e. The van der Waals surface area contributed by atoms with Crippen LogP contribution in [0.1, 0.15) is 4.88 Å². The molecule has 0 saturated heterocycles. The molecule has 0 aliphatic heterocycles. The molecule has 56 valence electrons. The maximum absolute atomic E-state index is 3.20. The lowest BCUT2D eigenvalue weighted by Gasteiger charge is -1.95. The fourth-order valence-corrected chi connectivity index (χ4v) is 2.22. The van der Waals surface area contributed by atoms with E-state index in [9.17, 15) is 0 Å². The molecule has 1 nitrogen and oxygen atoms in total. The second-order valence-electron chi connectivity index (χ2n) is 1.80. The van der Waals surface area contributed by atoms with Gasteiger partial charge in [0.05, 0.1) is 0 Å². The molecule has 0 amide bonds. The van der Waals surface area contributed by atoms with Crippen molar-refractivity contribution < 1.29 is 0 Å². The number of halogens is 1. The van der Waals surface area contributed by atoms with Crippen molar-refractivity contribution in [1.29, 1.82) is 0 Å². The van der Waals surface area contributed by atoms with E-state index < -0.39 is 0 Å². The summed E-state index contributed by atoms with van der Waals surface area (Å²) in [4.78, 5) is 1.46. The molecule has 0 aliphatic rings. The molecule has 1 aromatic heterocycles. The number of hydrogen-bond acceptors (Lipinski definition) is 3. The van der Waals surface area contributed by atoms with Gasteiger partial charge in [-0.15, -0.1) is 11.3 Å². The van der Waals surface area contributed by atoms with Gasteiger partial charge in [-0.3, -0.25) is 4.72 Å². The molecular weight excluding hydrogens is 277 g/mol. The average molecular weight is 285 g/mol. The molecule has 0 bridgehead atoms. The maximum Gasteiger partial charge on any atom is 0.0143 e. The largest absolute Gasteiger partial charge is 0.255 e. The van der Waals surface area contributed by atoms with Crippen LogP contribution in [-0.4, -0.2) is 6.54 Å². The van der Waals surface area contributed by atoms with Gasteiger partial charge in [0.1, 0.15) is 0 Å². The lowest BCUT2D eigenvalue weighted by molar-refractivity contribution is 0.928. The van der Waals surface area contributed by atoms with Crippen LogP contribution in [0.2, 0.25) is 0 Å². The lowest BCUT2D eigenvalue weighted by atomic mass is 10.3. The maximum atomic E-state index is 3.20. The highest BCUT2D eigenvalue weighted by Gasteiger charge is 1.91. The van der Waals surface area contributed by atoms with Crippen molar-refractivity contribution in [3.05, 3.63) is 22.4 Å². The highest BCUT2D eigenvalue weighted by atomic mass is 127. The molecule has 1 heterocycles. The predicted octanol–water partition coefficient (Wildman–Crippen LogP) is 2.88. The summed E-state index contributed by atoms with van der Waals surface area (Å²) >= 11 is 4.06. The molecule has 0 fully saturated rings. The quantitative estimate of drug-likeness (QED) is 0.518. The summed E-state index contributed by atoms with van der Waals surface area (Å²) in [5.41, 5.74) is 0. The van der Waals surface area contributed by atoms with E-state index in [-0.39, 0.29) is 0 Å². The molecule has 10 heavy (non-hydrogen) atoms. The van der Waals surface area contributed by atoms with Crippen molar-refractivity contribution in [1.82, 2.24) is 4.72 Å². The standard InChI is InChI=1S/C6H8INS2/c7-10-8-4-3-6-2-1-5-9-6/h1-2,5,8H,3-4H2. The highest BCUT2D eigenvalue weighted by Crippen LogP contribution is 2.09. The zero-order valence-corrected chi connectivity index (χ0v) is 9.13. The van der Waals surface area contributed by atoms with Gasteiger partial charge >= 0.3 is 0 Å². The summed E-state index contributed by atoms with van der Waals surface area (Å²) in [7, 11) is 1.65. The highest BCUT2D eigenvalue weighted by molar-refractivity contribution is 14.2. The van der Waals surface area contributed by atoms with Crippen LogP contribution in [0.4, 0.5) is 0 Å². The Balaban J connectivity index is 2.15. The van der Waals surface area contributed by atoms with E-state index in [0.717, 1.165) is 13.0 Å². The number of thiophene rings is 1. The molecule has 4 heteroatoms. The van der Waals surface area contributed by atoms with Crippen LogP contribution in [0.25, 0.3) is 0 Å². The summed E-state index contributed by atoms with van der Waals surface area (Å²) in [5.74, 6) is 0. The zero-order chi connectivity index (χ0) is 7.23. The van der Waals surface area contributed by atoms with Crippen LogP contribution in [0.5, 0.6) is 0 Å². The summed E-state index contributed by atoms with van der Waals surface area (Å²) in [6.45, 7) is 1.06. The Labute approximate surface area is 81.3 Å². The molecule has 0 atom stereocenters. The summed E-state index contributed by atoms with van der Waals surface area (Å²) in [6, 6.07) is 4.27. The van der Waals surface area contributed by atoms with Crippen molar-refractivity contribution in [3.63, 3.8) is 0 Å². The van der Waals surface area contributed by atoms with Crippen molar-refractivity contribution in [3.8, 4) is 0 Å². The van der Waals surface area contributed by atoms with Gasteiger partial charge in [-0.05, 0) is 27.0 Å². The van der Waals surface area contributed by atoms with E-state index in [1.807, 2.05) is 11.3 Å². The van der Waals surface area contributed by atoms with Gasteiger partial charge in [-0.2, -0.15) is 0 Å². The Morgan fingerprint density at radius 3 is 3.20 bits per heavy atom. The van der Waals surface area contributed by atoms with Crippen LogP contribution in [0.15, 0.2) is 17.5 Å². The van der Waals surface area contributed by atoms with Gasteiger partial charge in [0.25, 0.3) is 0 Å². The van der Waals surface area contributed by atoms with Crippen LogP contribution in [0.3, 0.4) is 0 Å². The summed E-state index contributed by atoms with van der Waals surface area (Å²) in [6.07, 6.45) is 1.15. The normalized spacial score (nSPS) is 10.1. The average Bonchev–Trinajstić information content (AvgIpc) is 2.41. The van der Waals surface area contributed by atoms with Crippen LogP contribution in [-0.2, 0) is 6.42 Å². The second kappa shape index (κ2) is 5.40. The minimum atomic E-state index is 1.06. The molecule has 0 aliphatic carbocycles. The van der Waals surface area contributed by atoms with Gasteiger partial charge < -0.3 is 0 Å². The van der Waals surface area contributed by atoms with Crippen molar-refractivity contribution >= 4 is 41.7 Å². The Hall–Kier alpha value is 0.740. The third kappa shape index (κ3) is 3.23. The molecule has 0 unspecified atom stereocenters. The molecule has 1 N–H and O–H groups in total. The van der Waals surface area contributed by atoms with Gasteiger partial charge in [-0.25, -0.2) is 0 Å². The summed E-state index contributed by atoms with van der Waals surface area (Å²) < 4.78 is 3.20. The van der Waals surface area contributed by atoms with Crippen LogP contribution >= 0.6 is 41.7 Å². The van der Waals surface area contributed by atoms with Crippen molar-refractivity contribution in [2.75, 3.05) is 6.54 Å². The Kier molecular flexibility index (Phi) is 4.77. The molecule has 0 radical (unpaired) electrons. The first-order valence-corrected chi connectivity index (χ1v) is 7.20. The molecule has 0 saturated carbocycles. The summed E-state index contributed by atoms with van der Waals surface area (Å²) in [5, 5.41) is 2.12. The first kappa shape index (κ1) is 8.83. The first-order chi connectivity index (χ1) is 4.93. The van der Waals surface area contributed by atoms with Gasteiger partial charge in [0.2, 0.25) is 0 Å². The molecule has 0 spiro atoms. The molecular formula is C6H8INS2. The minimum absolute atomic E-state index is 1.06. The fraction of sp³-hybridized carbons (Fsp3) is 0.333. The van der Waals surface area contributed by atoms with E-state index in [1.165, 1.54) is 4.88 Å². The van der Waals surface area contributed by atoms with E-state index in [0.29, 0.717) is 0 Å². The second-order valence-corrected chi connectivity index (χ2v) is 4.60. The minimum Gasteiger partial charge on any atom is -0.255 e. The predicted molar refractivity (Wildman–Crippen MR) is 57.6 cm³/mol. The monoisotopic (exact) mass is 285 g/mol. The van der Waals surface area contributed by atoms with Crippen LogP contribution in [0, 0.1) is 0 Å². The van der Waals surface area contributed by atoms with E-state index in [2.05, 4.69) is 43.4 Å². The fourth-order valence-electron chi connectivity index (χ4n) is 0.668. The number of nitrogens with one attached hydrogen (secondary N) is 1. The number of hydrogen-bond donors (Lipinski definition) is 1. The third-order valence-corrected chi connectivity index (χ3v) is 3.29. The third-order valence-electron chi connectivity index (χ3n) is 1.11. The Bertz CT molecular complexity index is 164. The Morgan fingerprint density at radius 2 is 2.60 bits per heavy atom. The van der Waals surface area contributed by atoms with E-state index >= 15 is 0 Å². The molecule has 1 rings (SSSR count). The van der Waals surface area contributed by atoms with Gasteiger partial charge in [-0.1, -0.05) is 6.07 Å². The van der Waals surface area contributed by atoms with Gasteiger partial charge in [0, 0.05) is 32.6 Å². The van der Waals surface area contributed by atoms with Crippen molar-refractivity contribution in [2.24, 2.45) is 0 Å². The molecule has 1 aromatic rings. The van der Waals surface area contributed by atoms with Gasteiger partial charge in [0.15, 0.2) is 0 Å². The van der Waals surface area contributed by atoms with E-state index in [4.69, 9.17) is 0 Å². The topological polar surface area (TPSA) is 12.0 Å². The van der Waals surface area contributed by atoms with E-state index in [1.54, 1.807) is 9.12 Å². The molecule has 0 aromatic carbocycles. The zero-order valence-electron chi connectivity index (χ0n) is 5.34. The Morgan fingerprint density at radius 1 is 1.70 bits per heavy atom. The van der Waals surface area contributed by atoms with Crippen LogP contribution < -0.4 is 4.72 Å². The lowest BCUT2D eigenvalue weighted by Crippen LogP contribution is -2.04. The first-order valence-electron chi connectivity index (χ1n) is 2.96.